The normalized spacial score (nSPS) is 18.5. The van der Waals surface area contributed by atoms with Crippen LogP contribution in [0.15, 0.2) is 102 Å². The van der Waals surface area contributed by atoms with Crippen LogP contribution in [0.25, 0.3) is 0 Å². The van der Waals surface area contributed by atoms with Crippen molar-refractivity contribution < 1.29 is 14.6 Å². The molecule has 0 spiro atoms. The Kier molecular flexibility index (Phi) is 6.31. The van der Waals surface area contributed by atoms with Gasteiger partial charge in [-0.3, -0.25) is 0 Å². The van der Waals surface area contributed by atoms with Gasteiger partial charge in [-0.1, -0.05) is 78.9 Å². The average Bonchev–Trinajstić information content (AvgIpc) is 2.81. The molecule has 0 amide bonds. The van der Waals surface area contributed by atoms with Crippen molar-refractivity contribution >= 4 is 11.7 Å². The highest BCUT2D eigenvalue weighted by atomic mass is 16.6. The topological polar surface area (TPSA) is 49.8 Å². The Bertz CT molecular complexity index is 1080. The third-order valence-corrected chi connectivity index (χ3v) is 5.96. The van der Waals surface area contributed by atoms with Crippen LogP contribution in [0.5, 0.6) is 0 Å². The molecule has 1 unspecified atom stereocenters. The van der Waals surface area contributed by atoms with E-state index in [2.05, 4.69) is 12.1 Å². The van der Waals surface area contributed by atoms with Gasteiger partial charge >= 0.3 is 5.97 Å². The van der Waals surface area contributed by atoms with Gasteiger partial charge in [0.15, 0.2) is 5.70 Å². The molecule has 3 aromatic carbocycles. The summed E-state index contributed by atoms with van der Waals surface area (Å²) in [5, 5.41) is 11.3. The van der Waals surface area contributed by atoms with Crippen LogP contribution in [-0.4, -0.2) is 17.1 Å². The van der Waals surface area contributed by atoms with Crippen molar-refractivity contribution in [1.29, 1.82) is 0 Å². The van der Waals surface area contributed by atoms with Crippen LogP contribution in [0.1, 0.15) is 37.8 Å². The standard InChI is InChI=1S/C28H29NO3/c1-21(2)29(24-16-10-5-11-17-24)26-25(30)20-28(32-27(26)31,23-14-8-4-9-15-23)19-18-22-12-6-3-7-13-22/h3-17,21,30H,18-20H2,1-2H3. The number of carbonyl (C=O) groups excluding carboxylic acids is 1. The number of anilines is 1. The first kappa shape index (κ1) is 21.7. The molecule has 0 saturated heterocycles. The lowest BCUT2D eigenvalue weighted by atomic mass is 9.82. The highest BCUT2D eigenvalue weighted by Gasteiger charge is 2.45. The van der Waals surface area contributed by atoms with Crippen LogP contribution in [0.4, 0.5) is 5.69 Å². The summed E-state index contributed by atoms with van der Waals surface area (Å²) in [7, 11) is 0. The predicted octanol–water partition coefficient (Wildman–Crippen LogP) is 6.15. The molecule has 4 rings (SSSR count). The number of hydrogen-bond acceptors (Lipinski definition) is 4. The van der Waals surface area contributed by atoms with Gasteiger partial charge in [0.1, 0.15) is 11.4 Å². The van der Waals surface area contributed by atoms with Gasteiger partial charge < -0.3 is 14.7 Å². The monoisotopic (exact) mass is 427 g/mol. The number of carbonyl (C=O) groups is 1. The Labute approximate surface area is 189 Å². The van der Waals surface area contributed by atoms with E-state index in [0.29, 0.717) is 6.42 Å². The van der Waals surface area contributed by atoms with E-state index in [1.807, 2.05) is 97.6 Å². The van der Waals surface area contributed by atoms with Crippen molar-refractivity contribution in [1.82, 2.24) is 0 Å². The first-order valence-electron chi connectivity index (χ1n) is 11.1. The van der Waals surface area contributed by atoms with E-state index in [-0.39, 0.29) is 23.9 Å². The van der Waals surface area contributed by atoms with Crippen LogP contribution in [0.3, 0.4) is 0 Å². The molecule has 0 radical (unpaired) electrons. The molecule has 3 aromatic rings. The molecule has 4 nitrogen and oxygen atoms in total. The highest BCUT2D eigenvalue weighted by molar-refractivity contribution is 5.94. The molecule has 0 fully saturated rings. The Hall–Kier alpha value is -3.53. The molecule has 1 atom stereocenters. The van der Waals surface area contributed by atoms with Gasteiger partial charge in [-0.15, -0.1) is 0 Å². The number of hydrogen-bond donors (Lipinski definition) is 1. The van der Waals surface area contributed by atoms with Gasteiger partial charge in [0.2, 0.25) is 0 Å². The fraction of sp³-hybridized carbons (Fsp3) is 0.250. The summed E-state index contributed by atoms with van der Waals surface area (Å²) in [5.41, 5.74) is 2.21. The van der Waals surface area contributed by atoms with E-state index in [1.54, 1.807) is 0 Å². The lowest BCUT2D eigenvalue weighted by Gasteiger charge is -2.41. The predicted molar refractivity (Wildman–Crippen MR) is 127 cm³/mol. The van der Waals surface area contributed by atoms with E-state index < -0.39 is 11.6 Å². The molecule has 4 heteroatoms. The van der Waals surface area contributed by atoms with Gasteiger partial charge in [-0.2, -0.15) is 0 Å². The number of aliphatic hydroxyl groups excluding tert-OH is 1. The van der Waals surface area contributed by atoms with Gasteiger partial charge in [0.25, 0.3) is 0 Å². The van der Waals surface area contributed by atoms with E-state index in [1.165, 1.54) is 5.56 Å². The highest BCUT2D eigenvalue weighted by Crippen LogP contribution is 2.43. The number of benzene rings is 3. The second-order valence-electron chi connectivity index (χ2n) is 8.51. The molecule has 0 bridgehead atoms. The molecule has 0 aromatic heterocycles. The van der Waals surface area contributed by atoms with Crippen LogP contribution < -0.4 is 4.90 Å². The summed E-state index contributed by atoms with van der Waals surface area (Å²) in [6.07, 6.45) is 1.55. The lowest BCUT2D eigenvalue weighted by molar-refractivity contribution is -0.161. The first-order chi connectivity index (χ1) is 15.5. The summed E-state index contributed by atoms with van der Waals surface area (Å²) in [6.45, 7) is 3.99. The number of aliphatic hydroxyl groups is 1. The largest absolute Gasteiger partial charge is 0.510 e. The summed E-state index contributed by atoms with van der Waals surface area (Å²) < 4.78 is 6.22. The van der Waals surface area contributed by atoms with E-state index in [9.17, 15) is 9.90 Å². The van der Waals surface area contributed by atoms with E-state index >= 15 is 0 Å². The van der Waals surface area contributed by atoms with Crippen molar-refractivity contribution in [3.05, 3.63) is 114 Å². The summed E-state index contributed by atoms with van der Waals surface area (Å²) in [6, 6.07) is 29.5. The van der Waals surface area contributed by atoms with Crippen molar-refractivity contribution in [3.8, 4) is 0 Å². The van der Waals surface area contributed by atoms with Crippen LogP contribution >= 0.6 is 0 Å². The Morgan fingerprint density at radius 3 is 2.03 bits per heavy atom. The second kappa shape index (κ2) is 9.31. The van der Waals surface area contributed by atoms with Gasteiger partial charge in [0, 0.05) is 11.7 Å². The van der Waals surface area contributed by atoms with E-state index in [4.69, 9.17) is 4.74 Å². The Morgan fingerprint density at radius 1 is 0.906 bits per heavy atom. The molecular weight excluding hydrogens is 398 g/mol. The molecule has 1 heterocycles. The number of ether oxygens (including phenoxy) is 1. The van der Waals surface area contributed by atoms with Crippen molar-refractivity contribution in [2.24, 2.45) is 0 Å². The van der Waals surface area contributed by atoms with Gasteiger partial charge in [-0.05, 0) is 49.9 Å². The molecule has 0 saturated carbocycles. The number of para-hydroxylation sites is 1. The quantitative estimate of drug-likeness (QED) is 0.460. The molecule has 1 N–H and O–H groups in total. The van der Waals surface area contributed by atoms with Crippen molar-refractivity contribution in [2.45, 2.75) is 44.8 Å². The lowest BCUT2D eigenvalue weighted by Crippen LogP contribution is -2.44. The molecule has 32 heavy (non-hydrogen) atoms. The molecule has 164 valence electrons. The van der Waals surface area contributed by atoms with Crippen LogP contribution in [-0.2, 0) is 21.6 Å². The van der Waals surface area contributed by atoms with Crippen LogP contribution in [0.2, 0.25) is 0 Å². The first-order valence-corrected chi connectivity index (χ1v) is 11.1. The zero-order chi connectivity index (χ0) is 22.6. The summed E-state index contributed by atoms with van der Waals surface area (Å²) in [4.78, 5) is 15.3. The van der Waals surface area contributed by atoms with Gasteiger partial charge in [-0.25, -0.2) is 4.79 Å². The van der Waals surface area contributed by atoms with Crippen molar-refractivity contribution in [2.75, 3.05) is 4.90 Å². The minimum atomic E-state index is -0.916. The fourth-order valence-electron chi connectivity index (χ4n) is 4.42. The van der Waals surface area contributed by atoms with Crippen LogP contribution in [0, 0.1) is 0 Å². The third-order valence-electron chi connectivity index (χ3n) is 5.96. The summed E-state index contributed by atoms with van der Waals surface area (Å²) >= 11 is 0. The SMILES string of the molecule is CC(C)N(C1=C(O)CC(CCc2ccccc2)(c2ccccc2)OC1=O)c1ccccc1. The third kappa shape index (κ3) is 4.40. The summed E-state index contributed by atoms with van der Waals surface area (Å²) in [5.74, 6) is -0.432. The zero-order valence-electron chi connectivity index (χ0n) is 18.6. The maximum Gasteiger partial charge on any atom is 0.359 e. The smallest absolute Gasteiger partial charge is 0.359 e. The molecular formula is C28H29NO3. The minimum Gasteiger partial charge on any atom is -0.510 e. The number of cyclic esters (lactones) is 1. The molecule has 1 aliphatic heterocycles. The second-order valence-corrected chi connectivity index (χ2v) is 8.51. The Morgan fingerprint density at radius 2 is 1.47 bits per heavy atom. The number of nitrogens with zero attached hydrogens (tertiary/aromatic N) is 1. The number of aryl methyl sites for hydroxylation is 1. The zero-order valence-corrected chi connectivity index (χ0v) is 18.6. The maximum atomic E-state index is 13.4. The minimum absolute atomic E-state index is 0.0318. The molecule has 1 aliphatic rings. The average molecular weight is 428 g/mol. The Balaban J connectivity index is 1.73. The van der Waals surface area contributed by atoms with Crippen molar-refractivity contribution in [3.63, 3.8) is 0 Å². The number of esters is 1. The molecule has 0 aliphatic carbocycles. The number of rotatable bonds is 7. The maximum absolute atomic E-state index is 13.4. The fourth-order valence-corrected chi connectivity index (χ4v) is 4.42. The van der Waals surface area contributed by atoms with Gasteiger partial charge in [0.05, 0.1) is 6.42 Å². The van der Waals surface area contributed by atoms with E-state index in [0.717, 1.165) is 17.7 Å².